The zero-order chi connectivity index (χ0) is 15.7. The Kier molecular flexibility index (Phi) is 3.90. The van der Waals surface area contributed by atoms with Crippen LogP contribution < -0.4 is 5.56 Å². The van der Waals surface area contributed by atoms with Gasteiger partial charge in [0.2, 0.25) is 0 Å². The molecule has 4 nitrogen and oxygen atoms in total. The lowest BCUT2D eigenvalue weighted by Crippen LogP contribution is -2.28. The first-order valence-corrected chi connectivity index (χ1v) is 7.63. The third-order valence-electron chi connectivity index (χ3n) is 3.60. The summed E-state index contributed by atoms with van der Waals surface area (Å²) in [4.78, 5) is 29.4. The van der Waals surface area contributed by atoms with Crippen LogP contribution in [0.2, 0.25) is 0 Å². The number of halogens is 1. The van der Waals surface area contributed by atoms with Crippen LogP contribution in [0.4, 0.5) is 0 Å². The maximum atomic E-state index is 12.6. The number of hydrogen-bond acceptors (Lipinski definition) is 3. The van der Waals surface area contributed by atoms with Gasteiger partial charge in [0.25, 0.3) is 5.56 Å². The molecule has 0 aliphatic heterocycles. The van der Waals surface area contributed by atoms with Crippen LogP contribution in [0.15, 0.2) is 64.1 Å². The minimum atomic E-state index is -0.606. The molecule has 0 spiro atoms. The number of carbonyl (C=O) groups is 1. The molecule has 0 aliphatic rings. The number of ketones is 1. The molecule has 0 bridgehead atoms. The van der Waals surface area contributed by atoms with Crippen LogP contribution in [0.25, 0.3) is 10.9 Å². The normalized spacial score (nSPS) is 12.3. The third-order valence-corrected chi connectivity index (χ3v) is 4.09. The summed E-state index contributed by atoms with van der Waals surface area (Å²) in [5.41, 5.74) is 0.975. The van der Waals surface area contributed by atoms with Gasteiger partial charge in [-0.05, 0) is 25.1 Å². The van der Waals surface area contributed by atoms with E-state index < -0.39 is 6.04 Å². The number of fused-ring (bicyclic) bond motifs is 1. The van der Waals surface area contributed by atoms with Gasteiger partial charge in [-0.1, -0.05) is 46.3 Å². The molecule has 0 N–H and O–H groups in total. The molecule has 1 heterocycles. The molecule has 5 heteroatoms. The number of hydrogen-bond donors (Lipinski definition) is 0. The van der Waals surface area contributed by atoms with Gasteiger partial charge in [-0.3, -0.25) is 14.2 Å². The van der Waals surface area contributed by atoms with Crippen LogP contribution in [0.5, 0.6) is 0 Å². The SMILES string of the molecule is C[C@H](C(=O)c1ccccc1)n1cnc2ccc(Br)cc2c1=O. The van der Waals surface area contributed by atoms with Crippen molar-refractivity contribution >= 4 is 32.6 Å². The summed E-state index contributed by atoms with van der Waals surface area (Å²) >= 11 is 3.35. The number of benzene rings is 2. The molecular weight excluding hydrogens is 344 g/mol. The van der Waals surface area contributed by atoms with Crippen molar-refractivity contribution in [3.63, 3.8) is 0 Å². The molecule has 1 atom stereocenters. The highest BCUT2D eigenvalue weighted by Gasteiger charge is 2.19. The molecule has 0 saturated carbocycles. The van der Waals surface area contributed by atoms with Gasteiger partial charge in [0.05, 0.1) is 23.3 Å². The van der Waals surface area contributed by atoms with E-state index in [0.29, 0.717) is 16.5 Å². The first kappa shape index (κ1) is 14.7. The summed E-state index contributed by atoms with van der Waals surface area (Å²) in [5, 5.41) is 0.490. The van der Waals surface area contributed by atoms with Crippen LogP contribution in [-0.4, -0.2) is 15.3 Å². The Bertz CT molecular complexity index is 903. The van der Waals surface area contributed by atoms with Crippen molar-refractivity contribution < 1.29 is 4.79 Å². The minimum Gasteiger partial charge on any atom is -0.292 e. The van der Waals surface area contributed by atoms with Crippen LogP contribution in [0.3, 0.4) is 0 Å². The fourth-order valence-electron chi connectivity index (χ4n) is 2.35. The molecule has 2 aromatic carbocycles. The van der Waals surface area contributed by atoms with E-state index in [1.807, 2.05) is 12.1 Å². The van der Waals surface area contributed by atoms with Gasteiger partial charge in [-0.2, -0.15) is 0 Å². The molecule has 1 aromatic heterocycles. The minimum absolute atomic E-state index is 0.112. The maximum absolute atomic E-state index is 12.6. The van der Waals surface area contributed by atoms with Crippen molar-refractivity contribution in [3.05, 3.63) is 75.2 Å². The molecule has 0 amide bonds. The summed E-state index contributed by atoms with van der Waals surface area (Å²) in [6, 6.07) is 13.7. The van der Waals surface area contributed by atoms with Gasteiger partial charge in [0.15, 0.2) is 5.78 Å². The predicted molar refractivity (Wildman–Crippen MR) is 89.2 cm³/mol. The summed E-state index contributed by atoms with van der Waals surface area (Å²) in [7, 11) is 0. The van der Waals surface area contributed by atoms with Gasteiger partial charge < -0.3 is 0 Å². The van der Waals surface area contributed by atoms with Crippen LogP contribution in [-0.2, 0) is 0 Å². The van der Waals surface area contributed by atoms with Gasteiger partial charge >= 0.3 is 0 Å². The van der Waals surface area contributed by atoms with E-state index in [1.54, 1.807) is 43.3 Å². The summed E-state index contributed by atoms with van der Waals surface area (Å²) in [5.74, 6) is -0.112. The smallest absolute Gasteiger partial charge is 0.261 e. The Morgan fingerprint density at radius 3 is 2.64 bits per heavy atom. The van der Waals surface area contributed by atoms with E-state index in [4.69, 9.17) is 0 Å². The topological polar surface area (TPSA) is 52.0 Å². The van der Waals surface area contributed by atoms with E-state index in [2.05, 4.69) is 20.9 Å². The Hall–Kier alpha value is -2.27. The molecule has 0 fully saturated rings. The van der Waals surface area contributed by atoms with Crippen molar-refractivity contribution in [2.75, 3.05) is 0 Å². The van der Waals surface area contributed by atoms with E-state index in [1.165, 1.54) is 10.9 Å². The van der Waals surface area contributed by atoms with E-state index >= 15 is 0 Å². The fraction of sp³-hybridized carbons (Fsp3) is 0.118. The standard InChI is InChI=1S/C17H13BrN2O2/c1-11(16(21)12-5-3-2-4-6-12)20-10-19-15-8-7-13(18)9-14(15)17(20)22/h2-11H,1H3/t11-/m1/s1. The number of carbonyl (C=O) groups excluding carboxylic acids is 1. The monoisotopic (exact) mass is 356 g/mol. The highest BCUT2D eigenvalue weighted by Crippen LogP contribution is 2.17. The Labute approximate surface area is 135 Å². The van der Waals surface area contributed by atoms with Gasteiger partial charge in [-0.25, -0.2) is 4.98 Å². The summed E-state index contributed by atoms with van der Waals surface area (Å²) in [6.07, 6.45) is 1.43. The second-order valence-corrected chi connectivity index (χ2v) is 5.94. The van der Waals surface area contributed by atoms with E-state index in [-0.39, 0.29) is 11.3 Å². The predicted octanol–water partition coefficient (Wildman–Crippen LogP) is 3.60. The van der Waals surface area contributed by atoms with Gasteiger partial charge in [0, 0.05) is 10.0 Å². The molecule has 0 aliphatic carbocycles. The average molecular weight is 357 g/mol. The first-order chi connectivity index (χ1) is 10.6. The average Bonchev–Trinajstić information content (AvgIpc) is 2.55. The number of Topliss-reactive ketones (excluding diaryl/α,β-unsaturated/α-hetero) is 1. The fourth-order valence-corrected chi connectivity index (χ4v) is 2.71. The van der Waals surface area contributed by atoms with E-state index in [9.17, 15) is 9.59 Å². The summed E-state index contributed by atoms with van der Waals surface area (Å²) in [6.45, 7) is 1.71. The lowest BCUT2D eigenvalue weighted by Gasteiger charge is -2.14. The summed E-state index contributed by atoms with van der Waals surface area (Å²) < 4.78 is 2.18. The molecule has 0 radical (unpaired) electrons. The van der Waals surface area contributed by atoms with Crippen molar-refractivity contribution in [1.29, 1.82) is 0 Å². The quantitative estimate of drug-likeness (QED) is 0.673. The molecule has 0 saturated heterocycles. The molecule has 22 heavy (non-hydrogen) atoms. The Morgan fingerprint density at radius 1 is 1.18 bits per heavy atom. The Balaban J connectivity index is 2.08. The second kappa shape index (κ2) is 5.85. The Morgan fingerprint density at radius 2 is 1.91 bits per heavy atom. The van der Waals surface area contributed by atoms with Crippen molar-refractivity contribution in [2.24, 2.45) is 0 Å². The lowest BCUT2D eigenvalue weighted by molar-refractivity contribution is 0.0932. The third kappa shape index (κ3) is 2.60. The number of rotatable bonds is 3. The lowest BCUT2D eigenvalue weighted by atomic mass is 10.1. The van der Waals surface area contributed by atoms with Crippen LogP contribution in [0.1, 0.15) is 23.3 Å². The van der Waals surface area contributed by atoms with Crippen LogP contribution >= 0.6 is 15.9 Å². The van der Waals surface area contributed by atoms with E-state index in [0.717, 1.165) is 4.47 Å². The zero-order valence-corrected chi connectivity index (χ0v) is 13.4. The molecular formula is C17H13BrN2O2. The number of aromatic nitrogens is 2. The van der Waals surface area contributed by atoms with Crippen molar-refractivity contribution in [1.82, 2.24) is 9.55 Å². The van der Waals surface area contributed by atoms with Crippen molar-refractivity contribution in [2.45, 2.75) is 13.0 Å². The van der Waals surface area contributed by atoms with Gasteiger partial charge in [0.1, 0.15) is 0 Å². The maximum Gasteiger partial charge on any atom is 0.261 e. The highest BCUT2D eigenvalue weighted by molar-refractivity contribution is 9.10. The van der Waals surface area contributed by atoms with Crippen molar-refractivity contribution in [3.8, 4) is 0 Å². The second-order valence-electron chi connectivity index (χ2n) is 5.02. The van der Waals surface area contributed by atoms with Crippen LogP contribution in [0, 0.1) is 0 Å². The van der Waals surface area contributed by atoms with Gasteiger partial charge in [-0.15, -0.1) is 0 Å². The molecule has 3 rings (SSSR count). The molecule has 0 unspecified atom stereocenters. The molecule has 3 aromatic rings. The first-order valence-electron chi connectivity index (χ1n) is 6.83. The highest BCUT2D eigenvalue weighted by atomic mass is 79.9. The number of nitrogens with zero attached hydrogens (tertiary/aromatic N) is 2. The zero-order valence-electron chi connectivity index (χ0n) is 11.9. The largest absolute Gasteiger partial charge is 0.292 e. The molecule has 110 valence electrons.